The predicted octanol–water partition coefficient (Wildman–Crippen LogP) is 8.63. The molecule has 2 atom stereocenters. The van der Waals surface area contributed by atoms with E-state index in [1.54, 1.807) is 12.5 Å². The second-order valence-corrected chi connectivity index (χ2v) is 15.3. The van der Waals surface area contributed by atoms with E-state index in [0.717, 1.165) is 17.4 Å². The first-order valence-corrected chi connectivity index (χ1v) is 16.7. The Kier molecular flexibility index (Phi) is 11.1. The molecule has 1 unspecified atom stereocenters. The van der Waals surface area contributed by atoms with Gasteiger partial charge in [0.25, 0.3) is 0 Å². The van der Waals surface area contributed by atoms with Crippen molar-refractivity contribution < 1.29 is 25.9 Å². The topological polar surface area (TPSA) is 26.3 Å². The molecule has 6 rings (SSSR count). The van der Waals surface area contributed by atoms with E-state index >= 15 is 0 Å². The molecule has 0 spiro atoms. The van der Waals surface area contributed by atoms with Crippen LogP contribution >= 0.6 is 15.8 Å². The molecule has 4 aromatic rings. The predicted molar refractivity (Wildman–Crippen MR) is 175 cm³/mol. The summed E-state index contributed by atoms with van der Waals surface area (Å²) in [7, 11) is -1.46. The minimum absolute atomic E-state index is 0. The molecule has 2 aromatic heterocycles. The molecule has 5 heteroatoms. The van der Waals surface area contributed by atoms with Crippen molar-refractivity contribution in [3.05, 3.63) is 143 Å². The van der Waals surface area contributed by atoms with E-state index in [9.17, 15) is 0 Å². The first-order valence-electron chi connectivity index (χ1n) is 13.9. The van der Waals surface area contributed by atoms with Gasteiger partial charge >= 0.3 is 0 Å². The number of aryl methyl sites for hydroxylation is 4. The number of hydrogen-bond acceptors (Lipinski definition) is 2. The van der Waals surface area contributed by atoms with Gasteiger partial charge in [-0.15, -0.1) is 0 Å². The van der Waals surface area contributed by atoms with E-state index in [1.807, 2.05) is 12.1 Å². The summed E-state index contributed by atoms with van der Waals surface area (Å²) < 4.78 is 11.9. The average molecular weight is 620 g/mol. The number of allylic oxidation sites excluding steroid dienone is 8. The van der Waals surface area contributed by atoms with Gasteiger partial charge < -0.3 is 8.83 Å². The molecule has 0 radical (unpaired) electrons. The van der Waals surface area contributed by atoms with Crippen molar-refractivity contribution in [3.63, 3.8) is 0 Å². The first kappa shape index (κ1) is 31.3. The monoisotopic (exact) mass is 620 g/mol. The minimum Gasteiger partial charge on any atom is -0.464 e. The number of hydrogen-bond donors (Lipinski definition) is 0. The average Bonchev–Trinajstić information content (AvgIpc) is 3.74. The van der Waals surface area contributed by atoms with Gasteiger partial charge in [-0.1, -0.05) is 108 Å². The summed E-state index contributed by atoms with van der Waals surface area (Å²) in [6, 6.07) is 22.3. The van der Waals surface area contributed by atoms with E-state index in [2.05, 4.69) is 126 Å². The zero-order chi connectivity index (χ0) is 28.1. The zero-order valence-electron chi connectivity index (χ0n) is 24.4. The summed E-state index contributed by atoms with van der Waals surface area (Å²) in [6.07, 6.45) is 20.0. The maximum absolute atomic E-state index is 5.96. The van der Waals surface area contributed by atoms with Crippen molar-refractivity contribution in [1.82, 2.24) is 0 Å². The van der Waals surface area contributed by atoms with Crippen LogP contribution in [0.3, 0.4) is 0 Å². The van der Waals surface area contributed by atoms with Crippen molar-refractivity contribution >= 4 is 37.5 Å². The molecule has 0 fully saturated rings. The Morgan fingerprint density at radius 2 is 1.20 bits per heavy atom. The normalized spacial score (nSPS) is 16.1. The van der Waals surface area contributed by atoms with Gasteiger partial charge in [0, 0.05) is 23.0 Å². The van der Waals surface area contributed by atoms with Gasteiger partial charge in [0.15, 0.2) is 0 Å². The largest absolute Gasteiger partial charge is 0.464 e. The Labute approximate surface area is 258 Å². The van der Waals surface area contributed by atoms with Gasteiger partial charge in [0.1, 0.15) is 11.0 Å². The van der Waals surface area contributed by atoms with Gasteiger partial charge in [0.05, 0.1) is 20.4 Å². The zero-order valence-corrected chi connectivity index (χ0v) is 27.3. The number of rotatable bonds is 7. The summed E-state index contributed by atoms with van der Waals surface area (Å²) in [5, 5.41) is 4.31. The Bertz CT molecular complexity index is 1410. The van der Waals surface area contributed by atoms with Crippen molar-refractivity contribution in [2.45, 2.75) is 46.7 Å². The van der Waals surface area contributed by atoms with Crippen molar-refractivity contribution in [1.29, 1.82) is 0 Å². The minimum atomic E-state index is -0.862. The summed E-state index contributed by atoms with van der Waals surface area (Å²) in [5.74, 6) is 0.309. The van der Waals surface area contributed by atoms with E-state index in [-0.39, 0.29) is 17.1 Å². The van der Waals surface area contributed by atoms with Gasteiger partial charge in [-0.25, -0.2) is 0 Å². The molecule has 0 saturated heterocycles. The summed E-state index contributed by atoms with van der Waals surface area (Å²) >= 11 is 0. The van der Waals surface area contributed by atoms with E-state index in [0.29, 0.717) is 11.6 Å². The van der Waals surface area contributed by atoms with E-state index < -0.39 is 15.8 Å². The first-order chi connectivity index (χ1) is 19.4. The molecule has 41 heavy (non-hydrogen) atoms. The smallest absolute Gasteiger partial charge is 0.137 e. The fourth-order valence-corrected chi connectivity index (χ4v) is 11.3. The molecule has 2 aliphatic rings. The Balaban J connectivity index is 0.000000584. The second kappa shape index (κ2) is 14.5. The van der Waals surface area contributed by atoms with E-state index in [1.165, 1.54) is 38.2 Å². The van der Waals surface area contributed by atoms with Crippen LogP contribution < -0.4 is 21.6 Å². The molecule has 2 aromatic carbocycles. The third-order valence-corrected chi connectivity index (χ3v) is 12.3. The molecular weight excluding hydrogens is 582 g/mol. The van der Waals surface area contributed by atoms with Gasteiger partial charge in [-0.05, 0) is 87.9 Å². The fraction of sp³-hybridized carbons (Fsp3) is 0.222. The van der Waals surface area contributed by atoms with Gasteiger partial charge in [-0.3, -0.25) is 0 Å². The van der Waals surface area contributed by atoms with Crippen LogP contribution in [0.2, 0.25) is 0 Å². The van der Waals surface area contributed by atoms with Crippen LogP contribution in [0.15, 0.2) is 130 Å². The molecule has 0 N–H and O–H groups in total. The molecular formula is C36H38FeO2P2. The molecule has 0 amide bonds. The van der Waals surface area contributed by atoms with Crippen LogP contribution in [-0.2, 0) is 17.1 Å². The Morgan fingerprint density at radius 3 is 1.59 bits per heavy atom. The SMILES string of the molecule is C1=CCC=C1.Cc1cc(C)cc(P(c2cc(C)cc(C)c2)[C@@H](C)C2C=CC=C2P(c2ccco2)c2ccco2)c1.[Fe]. The summed E-state index contributed by atoms with van der Waals surface area (Å²) in [6.45, 7) is 11.3. The maximum atomic E-state index is 5.96. The van der Waals surface area contributed by atoms with Crippen molar-refractivity contribution in [2.75, 3.05) is 0 Å². The molecule has 0 saturated carbocycles. The third-order valence-electron chi connectivity index (χ3n) is 7.19. The number of benzene rings is 2. The molecule has 2 heterocycles. The third kappa shape index (κ3) is 7.60. The molecule has 212 valence electrons. The second-order valence-electron chi connectivity index (χ2n) is 10.6. The molecule has 0 aliphatic heterocycles. The van der Waals surface area contributed by atoms with Crippen LogP contribution in [0, 0.1) is 33.6 Å². The Morgan fingerprint density at radius 1 is 0.707 bits per heavy atom. The van der Waals surface area contributed by atoms with Crippen molar-refractivity contribution in [3.8, 4) is 0 Å². The molecule has 0 bridgehead atoms. The Hall–Kier alpha value is -2.66. The fourth-order valence-electron chi connectivity index (χ4n) is 5.62. The van der Waals surface area contributed by atoms with Gasteiger partial charge in [0.2, 0.25) is 0 Å². The quantitative estimate of drug-likeness (QED) is 0.153. The standard InChI is InChI=1S/C31H32O2P2.C5H6.Fe/c1-21-15-22(2)18-26(17-21)34(27-19-23(3)16-24(4)20-27)25(5)28-9-6-10-29(28)35(30-11-7-13-32-30)31-12-8-14-33-31;1-2-4-5-3-1;/h6-20,25,28H,1-5H3;1-4H,5H2;/t25-,28?;;/m0../s1. The maximum Gasteiger partial charge on any atom is 0.137 e. The number of furan rings is 2. The molecule has 2 nitrogen and oxygen atoms in total. The van der Waals surface area contributed by atoms with Crippen LogP contribution in [0.5, 0.6) is 0 Å². The van der Waals surface area contributed by atoms with Crippen LogP contribution in [-0.4, -0.2) is 5.66 Å². The van der Waals surface area contributed by atoms with Crippen LogP contribution in [0.4, 0.5) is 0 Å². The summed E-state index contributed by atoms with van der Waals surface area (Å²) in [5.41, 5.74) is 7.71. The van der Waals surface area contributed by atoms with E-state index in [4.69, 9.17) is 8.83 Å². The van der Waals surface area contributed by atoms with Crippen LogP contribution in [0.1, 0.15) is 35.6 Å². The van der Waals surface area contributed by atoms with Gasteiger partial charge in [-0.2, -0.15) is 0 Å². The van der Waals surface area contributed by atoms with Crippen LogP contribution in [0.25, 0.3) is 0 Å². The molecule has 2 aliphatic carbocycles. The summed E-state index contributed by atoms with van der Waals surface area (Å²) in [4.78, 5) is 0. The van der Waals surface area contributed by atoms with Crippen molar-refractivity contribution in [2.24, 2.45) is 5.92 Å².